The lowest BCUT2D eigenvalue weighted by Gasteiger charge is -2.30. The van der Waals surface area contributed by atoms with Crippen molar-refractivity contribution < 1.29 is 28.6 Å². The van der Waals surface area contributed by atoms with Crippen molar-refractivity contribution in [3.05, 3.63) is 36.0 Å². The van der Waals surface area contributed by atoms with Crippen LogP contribution in [0.15, 0.2) is 36.0 Å². The van der Waals surface area contributed by atoms with Crippen LogP contribution in [0, 0.1) is 5.92 Å². The average Bonchev–Trinajstić information content (AvgIpc) is 2.75. The first kappa shape index (κ1) is 19.0. The fraction of sp³-hybridized carbons (Fsp3) is 0.526. The third-order valence-corrected chi connectivity index (χ3v) is 4.46. The smallest absolute Gasteiger partial charge is 0.334 e. The van der Waals surface area contributed by atoms with Gasteiger partial charge in [-0.2, -0.15) is 0 Å². The molecule has 25 heavy (non-hydrogen) atoms. The number of carbonyl (C=O) groups is 3. The highest BCUT2D eigenvalue weighted by atomic mass is 16.6. The zero-order valence-corrected chi connectivity index (χ0v) is 14.9. The molecule has 4 atom stereocenters. The van der Waals surface area contributed by atoms with Crippen LogP contribution in [0.4, 0.5) is 0 Å². The van der Waals surface area contributed by atoms with E-state index in [0.29, 0.717) is 18.4 Å². The van der Waals surface area contributed by atoms with E-state index in [1.54, 1.807) is 0 Å². The van der Waals surface area contributed by atoms with Crippen LogP contribution in [-0.2, 0) is 28.6 Å². The highest BCUT2D eigenvalue weighted by molar-refractivity contribution is 5.91. The summed E-state index contributed by atoms with van der Waals surface area (Å²) in [6.45, 7) is 12.4. The highest BCUT2D eigenvalue weighted by Gasteiger charge is 2.44. The second-order valence-corrected chi connectivity index (χ2v) is 6.58. The third kappa shape index (κ3) is 4.59. The minimum absolute atomic E-state index is 0.265. The molecule has 1 aliphatic carbocycles. The Morgan fingerprint density at radius 2 is 1.84 bits per heavy atom. The highest BCUT2D eigenvalue weighted by Crippen LogP contribution is 2.37. The molecule has 6 heteroatoms. The van der Waals surface area contributed by atoms with Gasteiger partial charge in [0, 0.05) is 25.8 Å². The molecular weight excluding hydrogens is 324 g/mol. The molecule has 136 valence electrons. The molecule has 1 fully saturated rings. The van der Waals surface area contributed by atoms with Gasteiger partial charge in [0.15, 0.2) is 0 Å². The summed E-state index contributed by atoms with van der Waals surface area (Å²) in [6.07, 6.45) is 1.71. The van der Waals surface area contributed by atoms with Crippen LogP contribution in [0.1, 0.15) is 40.0 Å². The maximum atomic E-state index is 12.0. The largest absolute Gasteiger partial charge is 0.461 e. The lowest BCUT2D eigenvalue weighted by Crippen LogP contribution is -2.35. The first-order chi connectivity index (χ1) is 11.7. The van der Waals surface area contributed by atoms with Gasteiger partial charge >= 0.3 is 17.9 Å². The van der Waals surface area contributed by atoms with Gasteiger partial charge in [-0.25, -0.2) is 4.79 Å². The Hall–Kier alpha value is -2.37. The monoisotopic (exact) mass is 348 g/mol. The molecule has 0 radical (unpaired) electrons. The molecule has 1 heterocycles. The fourth-order valence-electron chi connectivity index (χ4n) is 3.29. The van der Waals surface area contributed by atoms with E-state index < -0.39 is 42.1 Å². The Bertz CT molecular complexity index is 644. The summed E-state index contributed by atoms with van der Waals surface area (Å²) in [7, 11) is 0. The number of hydrogen-bond acceptors (Lipinski definition) is 6. The summed E-state index contributed by atoms with van der Waals surface area (Å²) in [6, 6.07) is 0. The number of ether oxygens (including phenoxy) is 3. The normalized spacial score (nSPS) is 32.1. The van der Waals surface area contributed by atoms with Crippen molar-refractivity contribution in [1.82, 2.24) is 0 Å². The molecule has 0 aromatic rings. The first-order valence-electron chi connectivity index (χ1n) is 8.28. The predicted octanol–water partition coefficient (Wildman–Crippen LogP) is 2.63. The minimum atomic E-state index is -0.658. The van der Waals surface area contributed by atoms with Crippen LogP contribution in [0.2, 0.25) is 0 Å². The van der Waals surface area contributed by atoms with Gasteiger partial charge in [0.2, 0.25) is 0 Å². The van der Waals surface area contributed by atoms with Crippen molar-refractivity contribution in [2.75, 3.05) is 0 Å². The molecule has 6 nitrogen and oxygen atoms in total. The third-order valence-electron chi connectivity index (χ3n) is 4.46. The fourth-order valence-corrected chi connectivity index (χ4v) is 3.29. The van der Waals surface area contributed by atoms with E-state index in [-0.39, 0.29) is 12.0 Å². The lowest BCUT2D eigenvalue weighted by atomic mass is 9.84. The van der Waals surface area contributed by atoms with E-state index in [1.807, 2.05) is 13.0 Å². The van der Waals surface area contributed by atoms with E-state index in [2.05, 4.69) is 13.2 Å². The lowest BCUT2D eigenvalue weighted by molar-refractivity contribution is -0.151. The molecule has 1 saturated heterocycles. The van der Waals surface area contributed by atoms with E-state index in [1.165, 1.54) is 13.8 Å². The summed E-state index contributed by atoms with van der Waals surface area (Å²) in [4.78, 5) is 34.9. The molecule has 0 amide bonds. The molecule has 0 aromatic heterocycles. The van der Waals surface area contributed by atoms with Crippen LogP contribution >= 0.6 is 0 Å². The van der Waals surface area contributed by atoms with Gasteiger partial charge in [0.05, 0.1) is 5.92 Å². The van der Waals surface area contributed by atoms with E-state index in [4.69, 9.17) is 14.2 Å². The predicted molar refractivity (Wildman–Crippen MR) is 90.4 cm³/mol. The van der Waals surface area contributed by atoms with Crippen LogP contribution < -0.4 is 0 Å². The molecule has 0 N–H and O–H groups in total. The number of esters is 3. The summed E-state index contributed by atoms with van der Waals surface area (Å²) in [5.74, 6) is -1.84. The maximum Gasteiger partial charge on any atom is 0.334 e. The molecule has 0 aromatic carbocycles. The standard InChI is InChI=1S/C19H24O6/c1-10-6-7-15(23-13(4)20)11(2)9-17(24-14(5)21)18-12(3)19(22)25-16(18)8-10/h8,15-18H,2-3,6-7,9H2,1,4-5H3/b10-8-/t15-,16-,17-,18+/m1/s1. The second-order valence-electron chi connectivity index (χ2n) is 6.58. The van der Waals surface area contributed by atoms with E-state index in [0.717, 1.165) is 5.57 Å². The van der Waals surface area contributed by atoms with Crippen LogP contribution in [0.25, 0.3) is 0 Å². The summed E-state index contributed by atoms with van der Waals surface area (Å²) in [5, 5.41) is 0. The second kappa shape index (κ2) is 7.68. The van der Waals surface area contributed by atoms with Crippen molar-refractivity contribution in [3.8, 4) is 0 Å². The van der Waals surface area contributed by atoms with Crippen LogP contribution in [0.3, 0.4) is 0 Å². The Balaban J connectivity index is 2.39. The Morgan fingerprint density at radius 1 is 1.20 bits per heavy atom. The van der Waals surface area contributed by atoms with Crippen molar-refractivity contribution >= 4 is 17.9 Å². The summed E-state index contributed by atoms with van der Waals surface area (Å²) in [5.41, 5.74) is 1.91. The van der Waals surface area contributed by atoms with Gasteiger partial charge in [-0.1, -0.05) is 18.7 Å². The molecule has 0 saturated carbocycles. The van der Waals surface area contributed by atoms with Crippen LogP contribution in [-0.4, -0.2) is 36.2 Å². The maximum absolute atomic E-state index is 12.0. The molecule has 1 aliphatic heterocycles. The molecule has 0 unspecified atom stereocenters. The Kier molecular flexibility index (Phi) is 5.82. The van der Waals surface area contributed by atoms with Crippen molar-refractivity contribution in [3.63, 3.8) is 0 Å². The Morgan fingerprint density at radius 3 is 2.44 bits per heavy atom. The van der Waals surface area contributed by atoms with Crippen molar-refractivity contribution in [2.45, 2.75) is 58.3 Å². The van der Waals surface area contributed by atoms with Crippen LogP contribution in [0.5, 0.6) is 0 Å². The zero-order chi connectivity index (χ0) is 18.7. The number of carbonyl (C=O) groups excluding carboxylic acids is 3. The SMILES string of the molecule is C=C1C(=O)O[C@@H]2/C=C(/C)CC[C@@H](OC(C)=O)C(=C)C[C@@H](OC(C)=O)[C@@H]12. The van der Waals surface area contributed by atoms with Crippen molar-refractivity contribution in [2.24, 2.45) is 5.92 Å². The van der Waals surface area contributed by atoms with E-state index >= 15 is 0 Å². The van der Waals surface area contributed by atoms with Gasteiger partial charge in [-0.05, 0) is 31.4 Å². The van der Waals surface area contributed by atoms with Gasteiger partial charge in [0.1, 0.15) is 18.3 Å². The van der Waals surface area contributed by atoms with Crippen molar-refractivity contribution in [1.29, 1.82) is 0 Å². The zero-order valence-electron chi connectivity index (χ0n) is 14.9. The summed E-state index contributed by atoms with van der Waals surface area (Å²) < 4.78 is 16.2. The van der Waals surface area contributed by atoms with Gasteiger partial charge < -0.3 is 14.2 Å². The van der Waals surface area contributed by atoms with E-state index in [9.17, 15) is 14.4 Å². The number of rotatable bonds is 2. The topological polar surface area (TPSA) is 78.9 Å². The quantitative estimate of drug-likeness (QED) is 0.330. The van der Waals surface area contributed by atoms with Gasteiger partial charge in [-0.15, -0.1) is 0 Å². The number of hydrogen-bond donors (Lipinski definition) is 0. The average molecular weight is 348 g/mol. The first-order valence-corrected chi connectivity index (χ1v) is 8.28. The molecule has 2 aliphatic rings. The number of fused-ring (bicyclic) bond motifs is 1. The minimum Gasteiger partial charge on any atom is -0.461 e. The van der Waals surface area contributed by atoms with Gasteiger partial charge in [-0.3, -0.25) is 9.59 Å². The van der Waals surface area contributed by atoms with Gasteiger partial charge in [0.25, 0.3) is 0 Å². The molecule has 2 rings (SSSR count). The molecule has 0 bridgehead atoms. The summed E-state index contributed by atoms with van der Waals surface area (Å²) >= 11 is 0. The Labute approximate surface area is 147 Å². The number of allylic oxidation sites excluding steroid dienone is 1. The molecular formula is C19H24O6. The molecule has 0 spiro atoms.